The Kier molecular flexibility index (Phi) is 28.8. The summed E-state index contributed by atoms with van der Waals surface area (Å²) in [4.78, 5) is 67.0. The van der Waals surface area contributed by atoms with Crippen molar-refractivity contribution in [2.75, 3.05) is 7.11 Å². The average Bonchev–Trinajstić information content (AvgIpc) is 1.68. The number of nitrogens with zero attached hydrogens (tertiary/aromatic N) is 1. The predicted octanol–water partition coefficient (Wildman–Crippen LogP) is 25.3. The summed E-state index contributed by atoms with van der Waals surface area (Å²) in [5, 5.41) is 63.6. The van der Waals surface area contributed by atoms with Gasteiger partial charge in [0.1, 0.15) is 29.1 Å². The van der Waals surface area contributed by atoms with Gasteiger partial charge in [0.2, 0.25) is 0 Å². The highest BCUT2D eigenvalue weighted by molar-refractivity contribution is 9.11. The van der Waals surface area contributed by atoms with Gasteiger partial charge in [-0.15, -0.1) is 0 Å². The zero-order valence-corrected chi connectivity index (χ0v) is 78.6. The maximum Gasteiger partial charge on any atom is 0.488 e. The topological polar surface area (TPSA) is 391 Å². The Morgan fingerprint density at radius 3 is 1.00 bits per heavy atom. The van der Waals surface area contributed by atoms with Crippen LogP contribution < -0.4 is 27.4 Å². The van der Waals surface area contributed by atoms with Gasteiger partial charge in [-0.3, -0.25) is 19.2 Å². The van der Waals surface area contributed by atoms with Gasteiger partial charge in [0.05, 0.1) is 40.5 Å². The number of hydrogen-bond donors (Lipinski definition) is 15. The van der Waals surface area contributed by atoms with Gasteiger partial charge >= 0.3 is 7.12 Å². The van der Waals surface area contributed by atoms with Crippen LogP contribution in [0.25, 0.3) is 165 Å². The number of nitrogens with two attached hydrogens (primary N) is 3. The van der Waals surface area contributed by atoms with E-state index in [2.05, 4.69) is 190 Å². The number of H-pyrrole nitrogens is 7. The van der Waals surface area contributed by atoms with Crippen molar-refractivity contribution in [1.29, 1.82) is 5.26 Å². The number of phenolic OH excluding ortho intramolecular Hbond substituents is 3. The number of nitriles is 1. The summed E-state index contributed by atoms with van der Waals surface area (Å²) in [7, 11) is 0.194. The SMILES string of the molecule is Brc1ccc(-c2ccc3[nH]ccc3c2)cc1.COc1cccc(O)c1-c1ccc(-c2ccc3[nH]cc(C(N)=O)c3c2)cc1.N#Cc1c[nH]c2ccc(-c3ccc(Br)cc3)cc12.NC(=O)c1c[nH]c2ccc(-c3ccc(-c4c(O)cccc4O)cc3)cc12.NC(=O)c1c[nH]c2ccc(-c3ccc(Br)cc3)cc12.O=Cc1c[nH]c2ccc(-c3ccc(Br)cc3)cc12.OB(O)c1ccc2[nH]ccc2c1. The van der Waals surface area contributed by atoms with Gasteiger partial charge in [0.25, 0.3) is 17.7 Å². The Balaban J connectivity index is 0.000000117. The van der Waals surface area contributed by atoms with Crippen LogP contribution >= 0.6 is 63.7 Å². The highest BCUT2D eigenvalue weighted by atomic mass is 79.9. The number of methoxy groups -OCH3 is 1. The Morgan fingerprint density at radius 1 is 0.331 bits per heavy atom. The molecular formula is C110H82BBr4N11O10. The Bertz CT molecular complexity index is 8140. The van der Waals surface area contributed by atoms with Crippen LogP contribution in [-0.2, 0) is 0 Å². The first-order valence-electron chi connectivity index (χ1n) is 42.4. The molecule has 26 heteroatoms. The zero-order valence-electron chi connectivity index (χ0n) is 72.3. The Hall–Kier alpha value is -16.2. The summed E-state index contributed by atoms with van der Waals surface area (Å²) in [5.41, 5.74) is 42.0. The molecule has 136 heavy (non-hydrogen) atoms. The fraction of sp³-hybridized carbons (Fsp3) is 0.00909. The molecular weight excluding hydrogens is 1970 g/mol. The monoisotopic (exact) mass is 2040 g/mol. The molecule has 15 aromatic carbocycles. The van der Waals surface area contributed by atoms with Crippen molar-refractivity contribution in [3.05, 3.63) is 411 Å². The number of rotatable bonds is 14. The second-order valence-electron chi connectivity index (χ2n) is 31.4. The number of amides is 3. The minimum absolute atomic E-state index is 0.0255. The van der Waals surface area contributed by atoms with Crippen LogP contribution in [0.1, 0.15) is 47.0 Å². The second kappa shape index (κ2) is 42.1. The number of aromatic nitrogens is 7. The van der Waals surface area contributed by atoms with Crippen LogP contribution in [-0.4, -0.2) is 98.5 Å². The lowest BCUT2D eigenvalue weighted by Crippen LogP contribution is -2.29. The van der Waals surface area contributed by atoms with Crippen LogP contribution in [0.15, 0.2) is 383 Å². The van der Waals surface area contributed by atoms with E-state index in [1.807, 2.05) is 207 Å². The molecule has 21 nitrogen and oxygen atoms in total. The van der Waals surface area contributed by atoms with Crippen molar-refractivity contribution in [3.63, 3.8) is 0 Å². The Labute approximate surface area is 812 Å². The van der Waals surface area contributed by atoms with Crippen LogP contribution in [0.4, 0.5) is 0 Å². The van der Waals surface area contributed by atoms with E-state index < -0.39 is 24.8 Å². The van der Waals surface area contributed by atoms with Crippen molar-refractivity contribution in [1.82, 2.24) is 34.9 Å². The lowest BCUT2D eigenvalue weighted by Gasteiger charge is -2.11. The van der Waals surface area contributed by atoms with Crippen molar-refractivity contribution in [2.45, 2.75) is 0 Å². The molecule has 0 atom stereocenters. The number of carbonyl (C=O) groups excluding carboxylic acids is 4. The largest absolute Gasteiger partial charge is 0.507 e. The fourth-order valence-electron chi connectivity index (χ4n) is 15.8. The lowest BCUT2D eigenvalue weighted by molar-refractivity contribution is 0.0993. The maximum absolute atomic E-state index is 11.6. The number of ether oxygens (including phenoxy) is 1. The van der Waals surface area contributed by atoms with Gasteiger partial charge in [-0.2, -0.15) is 5.26 Å². The zero-order chi connectivity index (χ0) is 95.2. The molecule has 668 valence electrons. The number of aldehydes is 1. The molecule has 0 saturated heterocycles. The van der Waals surface area contributed by atoms with E-state index in [1.165, 1.54) is 34.2 Å². The number of aromatic hydroxyl groups is 3. The molecule has 0 fully saturated rings. The molecule has 0 saturated carbocycles. The molecule has 18 N–H and O–H groups in total. The number of benzene rings is 15. The van der Waals surface area contributed by atoms with E-state index in [1.54, 1.807) is 68.4 Å². The highest BCUT2D eigenvalue weighted by Crippen LogP contribution is 2.42. The van der Waals surface area contributed by atoms with Crippen molar-refractivity contribution < 1.29 is 49.3 Å². The molecule has 22 rings (SSSR count). The first-order valence-corrected chi connectivity index (χ1v) is 45.5. The third-order valence-electron chi connectivity index (χ3n) is 22.9. The number of phenols is 3. The van der Waals surface area contributed by atoms with Crippen molar-refractivity contribution >= 4 is 177 Å². The lowest BCUT2D eigenvalue weighted by atomic mass is 9.80. The van der Waals surface area contributed by atoms with Crippen molar-refractivity contribution in [3.8, 4) is 118 Å². The summed E-state index contributed by atoms with van der Waals surface area (Å²) in [6.07, 6.45) is 13.0. The van der Waals surface area contributed by atoms with Gasteiger partial charge in [0.15, 0.2) is 6.29 Å². The third kappa shape index (κ3) is 21.4. The van der Waals surface area contributed by atoms with E-state index in [9.17, 15) is 34.5 Å². The molecule has 0 bridgehead atoms. The number of aromatic amines is 7. The summed E-state index contributed by atoms with van der Waals surface area (Å²) < 4.78 is 9.63. The molecule has 22 aromatic rings. The van der Waals surface area contributed by atoms with Crippen LogP contribution in [0.2, 0.25) is 0 Å². The quantitative estimate of drug-likeness (QED) is 0.0358. The smallest absolute Gasteiger partial charge is 0.488 e. The van der Waals surface area contributed by atoms with E-state index in [4.69, 9.17) is 37.2 Å². The van der Waals surface area contributed by atoms with Crippen LogP contribution in [0.3, 0.4) is 0 Å². The minimum atomic E-state index is -1.38. The highest BCUT2D eigenvalue weighted by Gasteiger charge is 2.19. The maximum atomic E-state index is 11.6. The molecule has 3 amide bonds. The van der Waals surface area contributed by atoms with Gasteiger partial charge in [-0.25, -0.2) is 0 Å². The van der Waals surface area contributed by atoms with Gasteiger partial charge in [-0.1, -0.05) is 221 Å². The van der Waals surface area contributed by atoms with Crippen LogP contribution in [0.5, 0.6) is 23.0 Å². The summed E-state index contributed by atoms with van der Waals surface area (Å²) in [6.45, 7) is 0. The first kappa shape index (κ1) is 93.0. The van der Waals surface area contributed by atoms with E-state index in [-0.39, 0.29) is 17.2 Å². The predicted molar refractivity (Wildman–Crippen MR) is 559 cm³/mol. The van der Waals surface area contributed by atoms with E-state index >= 15 is 0 Å². The first-order chi connectivity index (χ1) is 65.9. The number of fused-ring (bicyclic) bond motifs is 7. The number of nitrogens with one attached hydrogen (secondary N) is 7. The summed E-state index contributed by atoms with van der Waals surface area (Å²) in [5.74, 6) is -0.516. The second-order valence-corrected chi connectivity index (χ2v) is 35.0. The molecule has 0 aliphatic heterocycles. The van der Waals surface area contributed by atoms with Gasteiger partial charge in [0, 0.05) is 132 Å². The van der Waals surface area contributed by atoms with E-state index in [0.717, 1.165) is 151 Å². The summed E-state index contributed by atoms with van der Waals surface area (Å²) in [6, 6.07) is 106. The van der Waals surface area contributed by atoms with Gasteiger partial charge in [-0.05, 0) is 258 Å². The molecule has 0 radical (unpaired) electrons. The molecule has 7 aromatic heterocycles. The molecule has 7 heterocycles. The number of carbonyl (C=O) groups is 4. The van der Waals surface area contributed by atoms with Gasteiger partial charge < -0.3 is 82.2 Å². The number of primary amides is 3. The number of halogens is 4. The van der Waals surface area contributed by atoms with Crippen molar-refractivity contribution in [2.24, 2.45) is 17.2 Å². The average molecular weight is 2050 g/mol. The fourth-order valence-corrected chi connectivity index (χ4v) is 16.9. The van der Waals surface area contributed by atoms with E-state index in [0.29, 0.717) is 55.7 Å². The Morgan fingerprint density at radius 2 is 0.625 bits per heavy atom. The molecule has 0 unspecified atom stereocenters. The normalized spacial score (nSPS) is 10.8. The third-order valence-corrected chi connectivity index (χ3v) is 25.0. The summed E-state index contributed by atoms with van der Waals surface area (Å²) >= 11 is 13.7. The molecule has 0 aliphatic rings. The molecule has 0 aliphatic carbocycles. The number of hydrogen-bond acceptors (Lipinski definition) is 11. The van der Waals surface area contributed by atoms with Crippen LogP contribution in [0, 0.1) is 11.3 Å². The molecule has 0 spiro atoms. The standard InChI is InChI=1S/C22H18N2O3.C21H16N2O3.C15H11BrN2O.C15H9BrN2.C15H10BrNO.C14H10BrN.C8H8BNO2/c1-27-20-4-2-3-19(25)21(20)14-7-5-13(6-8-14)15-9-10-18-16(11-15)17(12-24-18)22(23)26;22-21(26)16-11-23-17-9-8-14(10-15(16)17)12-4-6-13(7-5-12)20-18(24)2-1-3-19(20)25;16-11-4-1-9(2-5-11)10-3-6-14-12(7-10)13(8-18-14)15(17)19;16-13-4-1-10(2-5-13)11-3-6-15-14(7-11)12(8-17)9-18-15;16-13-4-1-10(2-5-13)11-3-6-15-14(7-11)12(9-18)8-17-15;15-13-4-1-10(2-5-13)11-3-6-14-12(9-11)7-8-16-14;11-9(12)7-1-2-8-6(5-7)3-4-10-8/h2-12,24-25H,1H3,(H2,23,26);1-11,23-25H,(H2,22,26);1-8,18H,(H2,17,19);1-7,9,18H;1-9,17H;1-9,16H;1-5,10-12H. The minimum Gasteiger partial charge on any atom is -0.507 e.